The molecule has 2 N–H and O–H groups in total. The summed E-state index contributed by atoms with van der Waals surface area (Å²) in [4.78, 5) is 18.1. The maximum absolute atomic E-state index is 12.5. The van der Waals surface area contributed by atoms with Crippen LogP contribution in [0.2, 0.25) is 0 Å². The maximum atomic E-state index is 12.5. The van der Waals surface area contributed by atoms with Crippen molar-refractivity contribution in [1.29, 1.82) is 0 Å². The van der Waals surface area contributed by atoms with Crippen LogP contribution in [0.25, 0.3) is 22.0 Å². The lowest BCUT2D eigenvalue weighted by Gasteiger charge is -2.26. The Morgan fingerprint density at radius 3 is 2.72 bits per heavy atom. The molecule has 0 radical (unpaired) electrons. The van der Waals surface area contributed by atoms with Crippen molar-refractivity contribution < 1.29 is 4.74 Å². The van der Waals surface area contributed by atoms with E-state index in [2.05, 4.69) is 39.5 Å². The summed E-state index contributed by atoms with van der Waals surface area (Å²) >= 11 is 0. The van der Waals surface area contributed by atoms with E-state index in [0.717, 1.165) is 80.0 Å². The fourth-order valence-corrected chi connectivity index (χ4v) is 4.53. The molecule has 29 heavy (non-hydrogen) atoms. The molecule has 2 heterocycles. The van der Waals surface area contributed by atoms with Crippen LogP contribution >= 0.6 is 0 Å². The van der Waals surface area contributed by atoms with Crippen molar-refractivity contribution in [2.45, 2.75) is 19.3 Å². The third-order valence-electron chi connectivity index (χ3n) is 6.12. The number of hydrogen-bond donors (Lipinski definition) is 2. The molecule has 0 bridgehead atoms. The molecule has 5 rings (SSSR count). The Balaban J connectivity index is 1.26. The molecule has 5 heteroatoms. The lowest BCUT2D eigenvalue weighted by molar-refractivity contribution is 0.0373. The summed E-state index contributed by atoms with van der Waals surface area (Å²) in [6.45, 7) is 5.97. The lowest BCUT2D eigenvalue weighted by Crippen LogP contribution is -2.36. The van der Waals surface area contributed by atoms with Crippen LogP contribution in [0.15, 0.2) is 47.3 Å². The fraction of sp³-hybridized carbons (Fsp3) is 0.375. The number of pyridine rings is 1. The summed E-state index contributed by atoms with van der Waals surface area (Å²) in [5.41, 5.74) is 5.77. The Hall–Kier alpha value is -2.63. The van der Waals surface area contributed by atoms with Gasteiger partial charge in [0.25, 0.3) is 5.56 Å². The number of nitrogens with zero attached hydrogens (tertiary/aromatic N) is 1. The van der Waals surface area contributed by atoms with Crippen LogP contribution in [-0.4, -0.2) is 49.3 Å². The standard InChI is InChI=1S/C24H27N3O2/c28-24-20-6-2-1-5-19(20)22-15-17-7-8-18(16-21(17)23(22)26-24)25-9-3-4-10-27-11-13-29-14-12-27/h1-2,5-8,16,25H,3-4,9-15H2,(H,26,28). The normalized spacial score (nSPS) is 16.0. The molecular weight excluding hydrogens is 362 g/mol. The Labute approximate surface area is 170 Å². The number of unbranched alkanes of at least 4 members (excludes halogenated alkanes) is 1. The molecule has 0 unspecified atom stereocenters. The number of ether oxygens (including phenoxy) is 1. The molecule has 1 aliphatic carbocycles. The van der Waals surface area contributed by atoms with Gasteiger partial charge in [-0.15, -0.1) is 0 Å². The van der Waals surface area contributed by atoms with E-state index in [0.29, 0.717) is 0 Å². The number of nitrogens with one attached hydrogen (secondary N) is 2. The minimum absolute atomic E-state index is 0.00586. The number of rotatable bonds is 6. The first-order chi connectivity index (χ1) is 14.3. The molecule has 5 nitrogen and oxygen atoms in total. The van der Waals surface area contributed by atoms with Gasteiger partial charge in [0.15, 0.2) is 0 Å². The molecular formula is C24H27N3O2. The van der Waals surface area contributed by atoms with Crippen LogP contribution in [0.5, 0.6) is 0 Å². The van der Waals surface area contributed by atoms with Crippen LogP contribution in [-0.2, 0) is 11.2 Å². The van der Waals surface area contributed by atoms with Crippen molar-refractivity contribution >= 4 is 16.5 Å². The molecule has 0 amide bonds. The minimum Gasteiger partial charge on any atom is -0.385 e. The van der Waals surface area contributed by atoms with E-state index in [1.807, 2.05) is 18.2 Å². The number of aromatic nitrogens is 1. The van der Waals surface area contributed by atoms with Crippen molar-refractivity contribution in [2.75, 3.05) is 44.7 Å². The van der Waals surface area contributed by atoms with Crippen molar-refractivity contribution in [2.24, 2.45) is 0 Å². The zero-order valence-corrected chi connectivity index (χ0v) is 16.7. The summed E-state index contributed by atoms with van der Waals surface area (Å²) in [5, 5.41) is 5.40. The van der Waals surface area contributed by atoms with Gasteiger partial charge in [0, 0.05) is 42.7 Å². The first-order valence-corrected chi connectivity index (χ1v) is 10.6. The smallest absolute Gasteiger partial charge is 0.256 e. The molecule has 150 valence electrons. The first-order valence-electron chi connectivity index (χ1n) is 10.6. The summed E-state index contributed by atoms with van der Waals surface area (Å²) in [6, 6.07) is 14.4. The molecule has 1 fully saturated rings. The van der Waals surface area contributed by atoms with Crippen LogP contribution in [0.1, 0.15) is 24.0 Å². The highest BCUT2D eigenvalue weighted by Crippen LogP contribution is 2.39. The monoisotopic (exact) mass is 389 g/mol. The highest BCUT2D eigenvalue weighted by atomic mass is 16.5. The molecule has 2 aliphatic rings. The molecule has 3 aromatic rings. The molecule has 0 saturated carbocycles. The molecule has 1 aliphatic heterocycles. The number of hydrogen-bond acceptors (Lipinski definition) is 4. The van der Waals surface area contributed by atoms with Gasteiger partial charge in [-0.2, -0.15) is 0 Å². The van der Waals surface area contributed by atoms with Crippen molar-refractivity contribution in [3.8, 4) is 11.3 Å². The summed E-state index contributed by atoms with van der Waals surface area (Å²) in [5.74, 6) is 0. The fourth-order valence-electron chi connectivity index (χ4n) is 4.53. The van der Waals surface area contributed by atoms with Gasteiger partial charge in [-0.3, -0.25) is 9.69 Å². The van der Waals surface area contributed by atoms with Gasteiger partial charge in [-0.1, -0.05) is 24.3 Å². The average molecular weight is 389 g/mol. The van der Waals surface area contributed by atoms with Crippen LogP contribution in [0, 0.1) is 0 Å². The van der Waals surface area contributed by atoms with Gasteiger partial charge >= 0.3 is 0 Å². The number of anilines is 1. The predicted molar refractivity (Wildman–Crippen MR) is 118 cm³/mol. The van der Waals surface area contributed by atoms with Gasteiger partial charge in [-0.05, 0) is 54.1 Å². The minimum atomic E-state index is -0.00586. The van der Waals surface area contributed by atoms with E-state index in [1.165, 1.54) is 17.5 Å². The van der Waals surface area contributed by atoms with E-state index >= 15 is 0 Å². The molecule has 1 saturated heterocycles. The van der Waals surface area contributed by atoms with Gasteiger partial charge in [0.1, 0.15) is 0 Å². The SMILES string of the molecule is O=c1[nH]c2c(c3ccccc13)Cc1ccc(NCCCCN3CCOCC3)cc1-2. The van der Waals surface area contributed by atoms with Crippen LogP contribution in [0.4, 0.5) is 5.69 Å². The highest BCUT2D eigenvalue weighted by Gasteiger charge is 2.22. The quantitative estimate of drug-likeness (QED) is 0.495. The Morgan fingerprint density at radius 1 is 1.03 bits per heavy atom. The van der Waals surface area contributed by atoms with Gasteiger partial charge < -0.3 is 15.0 Å². The Kier molecular flexibility index (Phi) is 5.08. The van der Waals surface area contributed by atoms with E-state index in [1.54, 1.807) is 0 Å². The zero-order chi connectivity index (χ0) is 19.6. The molecule has 0 spiro atoms. The lowest BCUT2D eigenvalue weighted by atomic mass is 10.0. The van der Waals surface area contributed by atoms with E-state index in [4.69, 9.17) is 4.74 Å². The maximum Gasteiger partial charge on any atom is 0.256 e. The average Bonchev–Trinajstić information content (AvgIpc) is 3.13. The van der Waals surface area contributed by atoms with Crippen molar-refractivity contribution in [3.63, 3.8) is 0 Å². The van der Waals surface area contributed by atoms with E-state index < -0.39 is 0 Å². The number of morpholine rings is 1. The second kappa shape index (κ2) is 8.01. The first kappa shape index (κ1) is 18.4. The number of fused-ring (bicyclic) bond motifs is 5. The van der Waals surface area contributed by atoms with Gasteiger partial charge in [-0.25, -0.2) is 0 Å². The number of H-pyrrole nitrogens is 1. The third kappa shape index (κ3) is 3.68. The zero-order valence-electron chi connectivity index (χ0n) is 16.7. The number of aromatic amines is 1. The topological polar surface area (TPSA) is 57.4 Å². The Bertz CT molecular complexity index is 1080. The summed E-state index contributed by atoms with van der Waals surface area (Å²) < 4.78 is 5.40. The van der Waals surface area contributed by atoms with Crippen molar-refractivity contribution in [1.82, 2.24) is 9.88 Å². The second-order valence-electron chi connectivity index (χ2n) is 7.99. The van der Waals surface area contributed by atoms with Gasteiger partial charge in [0.05, 0.1) is 18.9 Å². The Morgan fingerprint density at radius 2 is 1.86 bits per heavy atom. The number of benzene rings is 2. The summed E-state index contributed by atoms with van der Waals surface area (Å²) in [7, 11) is 0. The van der Waals surface area contributed by atoms with Crippen LogP contribution < -0.4 is 10.9 Å². The van der Waals surface area contributed by atoms with E-state index in [9.17, 15) is 4.79 Å². The van der Waals surface area contributed by atoms with Crippen molar-refractivity contribution in [3.05, 3.63) is 63.9 Å². The van der Waals surface area contributed by atoms with E-state index in [-0.39, 0.29) is 5.56 Å². The van der Waals surface area contributed by atoms with Crippen LogP contribution in [0.3, 0.4) is 0 Å². The molecule has 2 aromatic carbocycles. The third-order valence-corrected chi connectivity index (χ3v) is 6.12. The highest BCUT2D eigenvalue weighted by molar-refractivity contribution is 5.93. The second-order valence-corrected chi connectivity index (χ2v) is 7.99. The largest absolute Gasteiger partial charge is 0.385 e. The molecule has 0 atom stereocenters. The van der Waals surface area contributed by atoms with Gasteiger partial charge in [0.2, 0.25) is 0 Å². The molecule has 1 aromatic heterocycles. The predicted octanol–water partition coefficient (Wildman–Crippen LogP) is 3.62. The summed E-state index contributed by atoms with van der Waals surface area (Å²) in [6.07, 6.45) is 3.22.